The van der Waals surface area contributed by atoms with Crippen molar-refractivity contribution in [3.8, 4) is 0 Å². The van der Waals surface area contributed by atoms with E-state index in [1.165, 1.54) is 18.2 Å². The van der Waals surface area contributed by atoms with Crippen LogP contribution in [0.15, 0.2) is 53.5 Å². The molecule has 0 spiro atoms. The quantitative estimate of drug-likeness (QED) is 0.488. The fourth-order valence-corrected chi connectivity index (χ4v) is 2.63. The summed E-state index contributed by atoms with van der Waals surface area (Å²) in [5.41, 5.74) is 1.87. The Bertz CT molecular complexity index is 911. The molecule has 8 heteroatoms. The zero-order valence-corrected chi connectivity index (χ0v) is 14.3. The molecule has 2 N–H and O–H groups in total. The second-order valence-electron chi connectivity index (χ2n) is 5.59. The summed E-state index contributed by atoms with van der Waals surface area (Å²) in [6.07, 6.45) is 4.64. The Morgan fingerprint density at radius 3 is 2.92 bits per heavy atom. The lowest BCUT2D eigenvalue weighted by molar-refractivity contribution is -0.384. The molecule has 0 aromatic heterocycles. The third-order valence-electron chi connectivity index (χ3n) is 3.74. The van der Waals surface area contributed by atoms with E-state index in [9.17, 15) is 14.9 Å². The van der Waals surface area contributed by atoms with Gasteiger partial charge in [-0.25, -0.2) is 0 Å². The van der Waals surface area contributed by atoms with Gasteiger partial charge in [-0.15, -0.1) is 0 Å². The van der Waals surface area contributed by atoms with E-state index in [1.807, 2.05) is 18.2 Å². The topological polar surface area (TPSA) is 96.6 Å². The molecule has 0 bridgehead atoms. The van der Waals surface area contributed by atoms with Gasteiger partial charge in [0, 0.05) is 36.0 Å². The number of non-ortho nitro benzene ring substituents is 1. The lowest BCUT2D eigenvalue weighted by Gasteiger charge is -2.12. The summed E-state index contributed by atoms with van der Waals surface area (Å²) in [5, 5.41) is 17.3. The van der Waals surface area contributed by atoms with Crippen LogP contribution >= 0.6 is 11.6 Å². The van der Waals surface area contributed by atoms with Gasteiger partial charge in [-0.3, -0.25) is 19.9 Å². The summed E-state index contributed by atoms with van der Waals surface area (Å²) in [6, 6.07) is 11.2. The van der Waals surface area contributed by atoms with Crippen LogP contribution < -0.4 is 10.6 Å². The predicted octanol–water partition coefficient (Wildman–Crippen LogP) is 3.57. The highest BCUT2D eigenvalue weighted by atomic mass is 35.5. The molecule has 1 atom stereocenters. The second kappa shape index (κ2) is 7.79. The summed E-state index contributed by atoms with van der Waals surface area (Å²) in [7, 11) is 0. The molecular formula is C18H15ClN4O3. The van der Waals surface area contributed by atoms with E-state index in [-0.39, 0.29) is 17.6 Å². The number of carbonyl (C=O) groups excluding carboxylic acids is 1. The Labute approximate surface area is 154 Å². The van der Waals surface area contributed by atoms with Crippen molar-refractivity contribution in [2.45, 2.75) is 6.04 Å². The first-order valence-electron chi connectivity index (χ1n) is 7.82. The third-order valence-corrected chi connectivity index (χ3v) is 4.09. The van der Waals surface area contributed by atoms with Gasteiger partial charge in [0.1, 0.15) is 0 Å². The number of rotatable bonds is 4. The van der Waals surface area contributed by atoms with Crippen molar-refractivity contribution in [2.75, 3.05) is 11.9 Å². The highest BCUT2D eigenvalue weighted by Gasteiger charge is 2.16. The van der Waals surface area contributed by atoms with Gasteiger partial charge in [0.2, 0.25) is 5.91 Å². The number of hydrogen-bond donors (Lipinski definition) is 2. The Kier molecular flexibility index (Phi) is 5.28. The fourth-order valence-electron chi connectivity index (χ4n) is 2.43. The number of nitro benzene ring substituents is 1. The number of halogens is 1. The molecule has 132 valence electrons. The SMILES string of the molecule is O=C(C=Cc1ccccc1Cl)NC1C=Nc2ccc([N+](=O)[O-])cc2NC1. The van der Waals surface area contributed by atoms with E-state index < -0.39 is 4.92 Å². The Hall–Kier alpha value is -3.19. The van der Waals surface area contributed by atoms with Crippen molar-refractivity contribution in [2.24, 2.45) is 4.99 Å². The smallest absolute Gasteiger partial charge is 0.271 e. The molecule has 1 heterocycles. The molecule has 2 aromatic carbocycles. The van der Waals surface area contributed by atoms with Crippen molar-refractivity contribution in [1.82, 2.24) is 5.32 Å². The number of nitrogens with one attached hydrogen (secondary N) is 2. The van der Waals surface area contributed by atoms with E-state index in [2.05, 4.69) is 15.6 Å². The molecular weight excluding hydrogens is 356 g/mol. The summed E-state index contributed by atoms with van der Waals surface area (Å²) in [4.78, 5) is 26.8. The molecule has 7 nitrogen and oxygen atoms in total. The number of aliphatic imine (C=N–C) groups is 1. The van der Waals surface area contributed by atoms with Crippen LogP contribution in [0.25, 0.3) is 6.08 Å². The number of nitrogens with zero attached hydrogens (tertiary/aromatic N) is 2. The molecule has 0 fully saturated rings. The maximum Gasteiger partial charge on any atom is 0.271 e. The largest absolute Gasteiger partial charge is 0.381 e. The van der Waals surface area contributed by atoms with Gasteiger partial charge < -0.3 is 10.6 Å². The molecule has 0 aliphatic carbocycles. The number of nitro groups is 1. The van der Waals surface area contributed by atoms with Crippen molar-refractivity contribution in [3.63, 3.8) is 0 Å². The molecule has 1 unspecified atom stereocenters. The average molecular weight is 371 g/mol. The zero-order chi connectivity index (χ0) is 18.5. The number of anilines is 1. The van der Waals surface area contributed by atoms with E-state index in [0.29, 0.717) is 22.9 Å². The van der Waals surface area contributed by atoms with E-state index >= 15 is 0 Å². The van der Waals surface area contributed by atoms with Gasteiger partial charge in [-0.2, -0.15) is 0 Å². The fraction of sp³-hybridized carbons (Fsp3) is 0.111. The van der Waals surface area contributed by atoms with Crippen molar-refractivity contribution < 1.29 is 9.72 Å². The molecule has 3 rings (SSSR count). The van der Waals surface area contributed by atoms with Crippen LogP contribution in [0.2, 0.25) is 5.02 Å². The standard InChI is InChI=1S/C18H15ClN4O3/c19-15-4-2-1-3-12(15)5-8-18(24)22-13-10-20-16-7-6-14(23(25)26)9-17(16)21-11-13/h1-10,13,21H,11H2,(H,22,24). The predicted molar refractivity (Wildman–Crippen MR) is 102 cm³/mol. The highest BCUT2D eigenvalue weighted by Crippen LogP contribution is 2.30. The van der Waals surface area contributed by atoms with Crippen molar-refractivity contribution in [3.05, 3.63) is 69.2 Å². The summed E-state index contributed by atoms with van der Waals surface area (Å²) >= 11 is 6.05. The van der Waals surface area contributed by atoms with Crippen LogP contribution in [-0.2, 0) is 4.79 Å². The Morgan fingerprint density at radius 2 is 2.15 bits per heavy atom. The van der Waals surface area contributed by atoms with Gasteiger partial charge in [0.15, 0.2) is 0 Å². The minimum atomic E-state index is -0.463. The van der Waals surface area contributed by atoms with Crippen LogP contribution in [0.3, 0.4) is 0 Å². The molecule has 0 saturated carbocycles. The molecule has 26 heavy (non-hydrogen) atoms. The van der Waals surface area contributed by atoms with E-state index in [4.69, 9.17) is 11.6 Å². The number of carbonyl (C=O) groups is 1. The monoisotopic (exact) mass is 370 g/mol. The lowest BCUT2D eigenvalue weighted by Crippen LogP contribution is -2.39. The minimum absolute atomic E-state index is 0.0170. The maximum absolute atomic E-state index is 12.1. The second-order valence-corrected chi connectivity index (χ2v) is 5.99. The first-order chi connectivity index (χ1) is 12.5. The number of benzene rings is 2. The zero-order valence-electron chi connectivity index (χ0n) is 13.6. The molecule has 1 aliphatic heterocycles. The van der Waals surface area contributed by atoms with E-state index in [1.54, 1.807) is 24.4 Å². The lowest BCUT2D eigenvalue weighted by atomic mass is 10.2. The molecule has 2 aromatic rings. The van der Waals surface area contributed by atoms with Gasteiger partial charge >= 0.3 is 0 Å². The van der Waals surface area contributed by atoms with Crippen LogP contribution in [-0.4, -0.2) is 29.6 Å². The van der Waals surface area contributed by atoms with Crippen LogP contribution in [0.5, 0.6) is 0 Å². The number of amides is 1. The third kappa shape index (κ3) is 4.25. The normalized spacial score (nSPS) is 15.8. The van der Waals surface area contributed by atoms with E-state index in [0.717, 1.165) is 5.56 Å². The van der Waals surface area contributed by atoms with Crippen LogP contribution in [0.1, 0.15) is 5.56 Å². The van der Waals surface area contributed by atoms with Gasteiger partial charge in [0.25, 0.3) is 5.69 Å². The maximum atomic E-state index is 12.1. The number of fused-ring (bicyclic) bond motifs is 1. The minimum Gasteiger partial charge on any atom is -0.381 e. The number of hydrogen-bond acceptors (Lipinski definition) is 5. The molecule has 0 radical (unpaired) electrons. The summed E-state index contributed by atoms with van der Waals surface area (Å²) < 4.78 is 0. The highest BCUT2D eigenvalue weighted by molar-refractivity contribution is 6.32. The van der Waals surface area contributed by atoms with Gasteiger partial charge in [0.05, 0.1) is 22.3 Å². The van der Waals surface area contributed by atoms with Crippen molar-refractivity contribution >= 4 is 46.9 Å². The average Bonchev–Trinajstić information content (AvgIpc) is 2.83. The van der Waals surface area contributed by atoms with Crippen LogP contribution in [0, 0.1) is 10.1 Å². The first kappa shape index (κ1) is 17.6. The van der Waals surface area contributed by atoms with Gasteiger partial charge in [-0.05, 0) is 23.8 Å². The molecule has 1 aliphatic rings. The van der Waals surface area contributed by atoms with Crippen molar-refractivity contribution in [1.29, 1.82) is 0 Å². The Balaban J connectivity index is 1.64. The van der Waals surface area contributed by atoms with Gasteiger partial charge in [-0.1, -0.05) is 29.8 Å². The van der Waals surface area contributed by atoms with Crippen LogP contribution in [0.4, 0.5) is 17.1 Å². The molecule has 1 amide bonds. The first-order valence-corrected chi connectivity index (χ1v) is 8.20. The summed E-state index contributed by atoms with van der Waals surface area (Å²) in [5.74, 6) is -0.292. The molecule has 0 saturated heterocycles. The summed E-state index contributed by atoms with van der Waals surface area (Å²) in [6.45, 7) is 0.364. The Morgan fingerprint density at radius 1 is 1.35 bits per heavy atom.